The van der Waals surface area contributed by atoms with Crippen molar-refractivity contribution in [3.05, 3.63) is 17.5 Å². The number of aromatic nitrogens is 1. The van der Waals surface area contributed by atoms with E-state index in [1.165, 1.54) is 4.31 Å². The van der Waals surface area contributed by atoms with Gasteiger partial charge in [-0.2, -0.15) is 13.2 Å². The van der Waals surface area contributed by atoms with Crippen LogP contribution in [0.4, 0.5) is 13.2 Å². The molecule has 12 heteroatoms. The van der Waals surface area contributed by atoms with Gasteiger partial charge in [0.2, 0.25) is 10.0 Å². The summed E-state index contributed by atoms with van der Waals surface area (Å²) in [5.41, 5.74) is 0.271. The van der Waals surface area contributed by atoms with Crippen LogP contribution in [0, 0.1) is 5.92 Å². The molecule has 35 heavy (non-hydrogen) atoms. The zero-order valence-corrected chi connectivity index (χ0v) is 20.7. The van der Waals surface area contributed by atoms with Gasteiger partial charge in [0, 0.05) is 43.6 Å². The van der Waals surface area contributed by atoms with E-state index in [2.05, 4.69) is 15.8 Å². The third-order valence-electron chi connectivity index (χ3n) is 7.29. The van der Waals surface area contributed by atoms with E-state index in [-0.39, 0.29) is 41.8 Å². The third kappa shape index (κ3) is 7.91. The highest BCUT2D eigenvalue weighted by Crippen LogP contribution is 2.40. The second kappa shape index (κ2) is 11.2. The van der Waals surface area contributed by atoms with Crippen LogP contribution in [0.3, 0.4) is 0 Å². The first-order valence-corrected chi connectivity index (χ1v) is 14.3. The Morgan fingerprint density at radius 1 is 1.06 bits per heavy atom. The largest absolute Gasteiger partial charge is 0.389 e. The summed E-state index contributed by atoms with van der Waals surface area (Å²) in [6.07, 6.45) is 1.45. The van der Waals surface area contributed by atoms with Crippen molar-refractivity contribution in [3.63, 3.8) is 0 Å². The number of hydrogen-bond donors (Lipinski definition) is 2. The SMILES string of the molecule is O=C(NC1CCN(S(=O)(=O)CC2CCC(NCCCC(F)(F)F)CC2)CC1)c1cc(C2CC2)on1. The number of amides is 1. The Hall–Kier alpha value is -1.66. The molecule has 1 amide bonds. The minimum Gasteiger partial charge on any atom is -0.360 e. The van der Waals surface area contributed by atoms with E-state index in [0.29, 0.717) is 38.4 Å². The van der Waals surface area contributed by atoms with Crippen molar-refractivity contribution in [1.82, 2.24) is 20.1 Å². The van der Waals surface area contributed by atoms with E-state index >= 15 is 0 Å². The smallest absolute Gasteiger partial charge is 0.360 e. The van der Waals surface area contributed by atoms with E-state index in [1.54, 1.807) is 6.07 Å². The van der Waals surface area contributed by atoms with E-state index in [9.17, 15) is 26.4 Å². The summed E-state index contributed by atoms with van der Waals surface area (Å²) < 4.78 is 69.4. The number of piperidine rings is 1. The summed E-state index contributed by atoms with van der Waals surface area (Å²) in [6.45, 7) is 1.07. The van der Waals surface area contributed by atoms with Crippen LogP contribution in [0.5, 0.6) is 0 Å². The first kappa shape index (κ1) is 26.4. The predicted octanol–water partition coefficient (Wildman–Crippen LogP) is 3.57. The molecule has 0 bridgehead atoms. The molecule has 4 rings (SSSR count). The number of rotatable bonds is 10. The second-order valence-corrected chi connectivity index (χ2v) is 12.2. The molecule has 2 saturated carbocycles. The maximum Gasteiger partial charge on any atom is 0.389 e. The molecule has 0 spiro atoms. The van der Waals surface area contributed by atoms with Crippen LogP contribution in [-0.2, 0) is 10.0 Å². The van der Waals surface area contributed by atoms with Gasteiger partial charge in [0.05, 0.1) is 5.75 Å². The highest BCUT2D eigenvalue weighted by Gasteiger charge is 2.33. The van der Waals surface area contributed by atoms with Gasteiger partial charge in [-0.3, -0.25) is 4.79 Å². The van der Waals surface area contributed by atoms with Crippen LogP contribution in [0.25, 0.3) is 0 Å². The summed E-state index contributed by atoms with van der Waals surface area (Å²) in [6, 6.07) is 1.75. The lowest BCUT2D eigenvalue weighted by Crippen LogP contribution is -2.48. The molecule has 2 heterocycles. The van der Waals surface area contributed by atoms with Gasteiger partial charge in [-0.1, -0.05) is 5.16 Å². The van der Waals surface area contributed by atoms with Gasteiger partial charge in [-0.15, -0.1) is 0 Å². The molecule has 198 valence electrons. The molecule has 2 N–H and O–H groups in total. The Bertz CT molecular complexity index is 948. The molecule has 1 aromatic rings. The van der Waals surface area contributed by atoms with Crippen LogP contribution in [0.15, 0.2) is 10.6 Å². The molecule has 1 aromatic heterocycles. The monoisotopic (exact) mass is 520 g/mol. The van der Waals surface area contributed by atoms with Crippen LogP contribution in [0.1, 0.15) is 86.4 Å². The number of carbonyl (C=O) groups is 1. The summed E-state index contributed by atoms with van der Waals surface area (Å²) in [4.78, 5) is 12.4. The fraction of sp³-hybridized carbons (Fsp3) is 0.826. The number of carbonyl (C=O) groups excluding carboxylic acids is 1. The Morgan fingerprint density at radius 3 is 2.37 bits per heavy atom. The zero-order valence-electron chi connectivity index (χ0n) is 19.9. The van der Waals surface area contributed by atoms with Gasteiger partial charge in [-0.25, -0.2) is 12.7 Å². The third-order valence-corrected chi connectivity index (χ3v) is 9.33. The van der Waals surface area contributed by atoms with E-state index in [4.69, 9.17) is 4.52 Å². The number of halogens is 3. The maximum absolute atomic E-state index is 13.0. The van der Waals surface area contributed by atoms with Crippen molar-refractivity contribution < 1.29 is 30.9 Å². The topological polar surface area (TPSA) is 105 Å². The molecular weight excluding hydrogens is 485 g/mol. The highest BCUT2D eigenvalue weighted by molar-refractivity contribution is 7.89. The van der Waals surface area contributed by atoms with Crippen LogP contribution >= 0.6 is 0 Å². The molecule has 3 fully saturated rings. The average molecular weight is 521 g/mol. The minimum absolute atomic E-state index is 0.0638. The number of sulfonamides is 1. The molecule has 1 saturated heterocycles. The number of nitrogens with zero attached hydrogens (tertiary/aromatic N) is 2. The lowest BCUT2D eigenvalue weighted by molar-refractivity contribution is -0.135. The first-order chi connectivity index (χ1) is 16.6. The fourth-order valence-electron chi connectivity index (χ4n) is 5.03. The predicted molar refractivity (Wildman–Crippen MR) is 123 cm³/mol. The quantitative estimate of drug-likeness (QED) is 0.457. The van der Waals surface area contributed by atoms with E-state index < -0.39 is 22.6 Å². The number of alkyl halides is 3. The van der Waals surface area contributed by atoms with E-state index in [0.717, 1.165) is 44.3 Å². The Balaban J connectivity index is 1.14. The normalized spacial score (nSPS) is 25.0. The Labute approximate surface area is 204 Å². The van der Waals surface area contributed by atoms with Gasteiger partial charge in [0.1, 0.15) is 5.76 Å². The lowest BCUT2D eigenvalue weighted by Gasteiger charge is -2.34. The van der Waals surface area contributed by atoms with Crippen LogP contribution in [0.2, 0.25) is 0 Å². The van der Waals surface area contributed by atoms with Gasteiger partial charge >= 0.3 is 6.18 Å². The van der Waals surface area contributed by atoms with Crippen LogP contribution in [-0.4, -0.2) is 67.4 Å². The summed E-state index contributed by atoms with van der Waals surface area (Å²) >= 11 is 0. The van der Waals surface area contributed by atoms with Crippen molar-refractivity contribution >= 4 is 15.9 Å². The molecule has 0 aromatic carbocycles. The second-order valence-electron chi connectivity index (χ2n) is 10.2. The van der Waals surface area contributed by atoms with Gasteiger partial charge in [0.25, 0.3) is 5.91 Å². The minimum atomic E-state index is -4.12. The van der Waals surface area contributed by atoms with Crippen molar-refractivity contribution in [2.75, 3.05) is 25.4 Å². The molecule has 3 aliphatic rings. The fourth-order valence-corrected chi connectivity index (χ4v) is 6.93. The molecule has 2 aliphatic carbocycles. The van der Waals surface area contributed by atoms with Crippen molar-refractivity contribution in [2.45, 2.75) is 88.4 Å². The maximum atomic E-state index is 13.0. The molecule has 0 unspecified atom stereocenters. The molecule has 0 atom stereocenters. The van der Waals surface area contributed by atoms with Crippen LogP contribution < -0.4 is 10.6 Å². The summed E-state index contributed by atoms with van der Waals surface area (Å²) in [5.74, 6) is 1.02. The first-order valence-electron chi connectivity index (χ1n) is 12.6. The lowest BCUT2D eigenvalue weighted by atomic mass is 9.87. The molecule has 1 aliphatic heterocycles. The highest BCUT2D eigenvalue weighted by atomic mass is 32.2. The Kier molecular flexibility index (Phi) is 8.42. The van der Waals surface area contributed by atoms with Gasteiger partial charge in [-0.05, 0) is 70.3 Å². The summed E-state index contributed by atoms with van der Waals surface area (Å²) in [7, 11) is -3.39. The zero-order chi connectivity index (χ0) is 25.1. The number of hydrogen-bond acceptors (Lipinski definition) is 6. The Morgan fingerprint density at radius 2 is 1.74 bits per heavy atom. The molecule has 0 radical (unpaired) electrons. The standard InChI is InChI=1S/C23H35F3N4O4S/c24-23(25,26)10-1-11-27-18-6-2-16(3-7-18)15-35(32,33)30-12-8-19(9-13-30)28-22(31)20-14-21(34-29-20)17-4-5-17/h14,16-19,27H,1-13,15H2,(H,28,31). The number of nitrogens with one attached hydrogen (secondary N) is 2. The average Bonchev–Trinajstić information content (AvgIpc) is 3.53. The van der Waals surface area contributed by atoms with E-state index in [1.807, 2.05) is 0 Å². The van der Waals surface area contributed by atoms with Gasteiger partial charge in [0.15, 0.2) is 5.69 Å². The van der Waals surface area contributed by atoms with Gasteiger partial charge < -0.3 is 15.2 Å². The summed E-state index contributed by atoms with van der Waals surface area (Å²) in [5, 5.41) is 9.98. The van der Waals surface area contributed by atoms with Crippen molar-refractivity contribution in [1.29, 1.82) is 0 Å². The van der Waals surface area contributed by atoms with Crippen molar-refractivity contribution in [2.24, 2.45) is 5.92 Å². The molecular formula is C23H35F3N4O4S. The van der Waals surface area contributed by atoms with Crippen molar-refractivity contribution in [3.8, 4) is 0 Å². The molecule has 8 nitrogen and oxygen atoms in total.